The van der Waals surface area contributed by atoms with Gasteiger partial charge in [0, 0.05) is 13.1 Å². The highest BCUT2D eigenvalue weighted by Crippen LogP contribution is 2.27. The van der Waals surface area contributed by atoms with Crippen molar-refractivity contribution in [3.8, 4) is 17.6 Å². The van der Waals surface area contributed by atoms with E-state index in [-0.39, 0.29) is 18.4 Å². The van der Waals surface area contributed by atoms with Crippen molar-refractivity contribution in [3.63, 3.8) is 0 Å². The van der Waals surface area contributed by atoms with Crippen LogP contribution in [0.2, 0.25) is 0 Å². The summed E-state index contributed by atoms with van der Waals surface area (Å²) in [6.45, 7) is 1.86. The maximum Gasteiger partial charge on any atom is 0.227 e. The first kappa shape index (κ1) is 15.8. The highest BCUT2D eigenvalue weighted by molar-refractivity contribution is 5.79. The zero-order valence-electron chi connectivity index (χ0n) is 12.3. The van der Waals surface area contributed by atoms with E-state index in [4.69, 9.17) is 14.7 Å². The van der Waals surface area contributed by atoms with Crippen LogP contribution in [0.1, 0.15) is 18.9 Å². The van der Waals surface area contributed by atoms with Gasteiger partial charge in [-0.05, 0) is 24.6 Å². The predicted octanol–water partition coefficient (Wildman–Crippen LogP) is 2.01. The molecule has 1 amide bonds. The van der Waals surface area contributed by atoms with E-state index in [1.54, 1.807) is 38.3 Å². The summed E-state index contributed by atoms with van der Waals surface area (Å²) in [5.41, 5.74) is 0.851. The molecule has 1 unspecified atom stereocenters. The second-order valence-corrected chi connectivity index (χ2v) is 4.58. The number of hydrogen-bond acceptors (Lipinski definition) is 4. The highest BCUT2D eigenvalue weighted by Gasteiger charge is 2.16. The predicted molar refractivity (Wildman–Crippen MR) is 75.7 cm³/mol. The Morgan fingerprint density at radius 1 is 1.35 bits per heavy atom. The number of nitrogens with zero attached hydrogens (tertiary/aromatic N) is 2. The van der Waals surface area contributed by atoms with Crippen molar-refractivity contribution in [2.45, 2.75) is 25.8 Å². The SMILES string of the molecule is COc1ccc(CC(=O)N(C)C(C)CC#N)cc1OC. The third kappa shape index (κ3) is 3.89. The van der Waals surface area contributed by atoms with E-state index in [0.29, 0.717) is 17.9 Å². The van der Waals surface area contributed by atoms with Crippen molar-refractivity contribution in [1.82, 2.24) is 4.90 Å². The summed E-state index contributed by atoms with van der Waals surface area (Å²) in [6.07, 6.45) is 0.598. The molecule has 0 aliphatic heterocycles. The van der Waals surface area contributed by atoms with E-state index in [1.807, 2.05) is 13.0 Å². The molecular formula is C15H20N2O3. The number of likely N-dealkylation sites (N-methyl/N-ethyl adjacent to an activating group) is 1. The number of amides is 1. The number of carbonyl (C=O) groups excluding carboxylic acids is 1. The third-order valence-corrected chi connectivity index (χ3v) is 3.24. The molecule has 0 aliphatic rings. The van der Waals surface area contributed by atoms with Crippen molar-refractivity contribution in [2.24, 2.45) is 0 Å². The molecule has 0 fully saturated rings. The minimum absolute atomic E-state index is 0.0278. The van der Waals surface area contributed by atoms with Crippen molar-refractivity contribution < 1.29 is 14.3 Å². The van der Waals surface area contributed by atoms with Crippen molar-refractivity contribution >= 4 is 5.91 Å². The van der Waals surface area contributed by atoms with Crippen LogP contribution in [-0.4, -0.2) is 38.1 Å². The molecule has 108 valence electrons. The lowest BCUT2D eigenvalue weighted by Crippen LogP contribution is -2.35. The van der Waals surface area contributed by atoms with Crippen molar-refractivity contribution in [2.75, 3.05) is 21.3 Å². The van der Waals surface area contributed by atoms with Gasteiger partial charge in [-0.1, -0.05) is 6.07 Å². The van der Waals surface area contributed by atoms with Crippen LogP contribution in [-0.2, 0) is 11.2 Å². The van der Waals surface area contributed by atoms with Gasteiger partial charge in [0.25, 0.3) is 0 Å². The van der Waals surface area contributed by atoms with Crippen LogP contribution in [0.15, 0.2) is 18.2 Å². The van der Waals surface area contributed by atoms with E-state index in [1.165, 1.54) is 0 Å². The summed E-state index contributed by atoms with van der Waals surface area (Å²) in [5, 5.41) is 8.66. The largest absolute Gasteiger partial charge is 0.493 e. The zero-order chi connectivity index (χ0) is 15.1. The number of hydrogen-bond donors (Lipinski definition) is 0. The first-order valence-electron chi connectivity index (χ1n) is 6.37. The molecule has 0 saturated carbocycles. The van der Waals surface area contributed by atoms with Crippen LogP contribution in [0, 0.1) is 11.3 Å². The fraction of sp³-hybridized carbons (Fsp3) is 0.467. The molecule has 0 bridgehead atoms. The summed E-state index contributed by atoms with van der Waals surface area (Å²) >= 11 is 0. The lowest BCUT2D eigenvalue weighted by atomic mass is 10.1. The lowest BCUT2D eigenvalue weighted by Gasteiger charge is -2.23. The molecule has 1 rings (SSSR count). The maximum atomic E-state index is 12.1. The molecule has 5 nitrogen and oxygen atoms in total. The fourth-order valence-electron chi connectivity index (χ4n) is 1.80. The van der Waals surface area contributed by atoms with E-state index >= 15 is 0 Å². The van der Waals surface area contributed by atoms with Crippen molar-refractivity contribution in [1.29, 1.82) is 5.26 Å². The standard InChI is InChI=1S/C15H20N2O3/c1-11(7-8-16)17(2)15(18)10-12-5-6-13(19-3)14(9-12)20-4/h5-6,9,11H,7,10H2,1-4H3. The Hall–Kier alpha value is -2.22. The number of benzene rings is 1. The molecule has 1 atom stereocenters. The number of methoxy groups -OCH3 is 2. The van der Waals surface area contributed by atoms with Gasteiger partial charge in [-0.3, -0.25) is 4.79 Å². The normalized spacial score (nSPS) is 11.3. The Morgan fingerprint density at radius 2 is 2.00 bits per heavy atom. The number of rotatable bonds is 6. The molecule has 0 aliphatic carbocycles. The molecule has 20 heavy (non-hydrogen) atoms. The van der Waals surface area contributed by atoms with Gasteiger partial charge in [-0.2, -0.15) is 5.26 Å². The summed E-state index contributed by atoms with van der Waals surface area (Å²) in [6, 6.07) is 7.38. The minimum atomic E-state index is -0.0901. The average molecular weight is 276 g/mol. The number of nitriles is 1. The van der Waals surface area contributed by atoms with Crippen LogP contribution >= 0.6 is 0 Å². The smallest absolute Gasteiger partial charge is 0.227 e. The minimum Gasteiger partial charge on any atom is -0.493 e. The van der Waals surface area contributed by atoms with Gasteiger partial charge in [0.2, 0.25) is 5.91 Å². The summed E-state index contributed by atoms with van der Waals surface area (Å²) in [4.78, 5) is 13.7. The second-order valence-electron chi connectivity index (χ2n) is 4.58. The Balaban J connectivity index is 2.78. The Bertz CT molecular complexity index is 508. The van der Waals surface area contributed by atoms with Crippen LogP contribution < -0.4 is 9.47 Å². The second kappa shape index (κ2) is 7.39. The third-order valence-electron chi connectivity index (χ3n) is 3.24. The fourth-order valence-corrected chi connectivity index (χ4v) is 1.80. The van der Waals surface area contributed by atoms with Gasteiger partial charge in [0.15, 0.2) is 11.5 Å². The topological polar surface area (TPSA) is 62.6 Å². The number of ether oxygens (including phenoxy) is 2. The highest BCUT2D eigenvalue weighted by atomic mass is 16.5. The molecule has 1 aromatic rings. The van der Waals surface area contributed by atoms with Crippen LogP contribution in [0.4, 0.5) is 0 Å². The summed E-state index contributed by atoms with van der Waals surface area (Å²) in [5.74, 6) is 1.21. The Morgan fingerprint density at radius 3 is 2.55 bits per heavy atom. The quantitative estimate of drug-likeness (QED) is 0.797. The maximum absolute atomic E-state index is 12.1. The van der Waals surface area contributed by atoms with Gasteiger partial charge in [0.1, 0.15) is 0 Å². The molecule has 0 heterocycles. The lowest BCUT2D eigenvalue weighted by molar-refractivity contribution is -0.130. The Kier molecular flexibility index (Phi) is 5.85. The molecule has 5 heteroatoms. The molecular weight excluding hydrogens is 256 g/mol. The molecule has 1 aromatic carbocycles. The van der Waals surface area contributed by atoms with E-state index in [0.717, 1.165) is 5.56 Å². The first-order valence-corrected chi connectivity index (χ1v) is 6.37. The van der Waals surface area contributed by atoms with Crippen LogP contribution in [0.25, 0.3) is 0 Å². The molecule has 0 N–H and O–H groups in total. The van der Waals surface area contributed by atoms with E-state index in [2.05, 4.69) is 6.07 Å². The van der Waals surface area contributed by atoms with E-state index < -0.39 is 0 Å². The van der Waals surface area contributed by atoms with Crippen LogP contribution in [0.5, 0.6) is 11.5 Å². The molecule has 0 radical (unpaired) electrons. The number of carbonyl (C=O) groups is 1. The van der Waals surface area contributed by atoms with Crippen molar-refractivity contribution in [3.05, 3.63) is 23.8 Å². The molecule has 0 aromatic heterocycles. The Labute approximate surface area is 119 Å². The van der Waals surface area contributed by atoms with Gasteiger partial charge in [0.05, 0.1) is 33.1 Å². The van der Waals surface area contributed by atoms with Gasteiger partial charge in [-0.15, -0.1) is 0 Å². The monoisotopic (exact) mass is 276 g/mol. The first-order chi connectivity index (χ1) is 9.53. The summed E-state index contributed by atoms with van der Waals surface area (Å²) < 4.78 is 10.4. The van der Waals surface area contributed by atoms with Crippen LogP contribution in [0.3, 0.4) is 0 Å². The van der Waals surface area contributed by atoms with E-state index in [9.17, 15) is 4.79 Å². The summed E-state index contributed by atoms with van der Waals surface area (Å²) in [7, 11) is 4.84. The average Bonchev–Trinajstić information content (AvgIpc) is 2.46. The van der Waals surface area contributed by atoms with Gasteiger partial charge >= 0.3 is 0 Å². The van der Waals surface area contributed by atoms with Gasteiger partial charge in [-0.25, -0.2) is 0 Å². The van der Waals surface area contributed by atoms with Gasteiger partial charge < -0.3 is 14.4 Å². The molecule has 0 spiro atoms. The zero-order valence-corrected chi connectivity index (χ0v) is 12.3. The molecule has 0 saturated heterocycles.